The maximum atomic E-state index is 12.1. The van der Waals surface area contributed by atoms with Gasteiger partial charge in [0.1, 0.15) is 0 Å². The molecule has 118 valence electrons. The van der Waals surface area contributed by atoms with Crippen LogP contribution in [0.1, 0.15) is 24.8 Å². The van der Waals surface area contributed by atoms with E-state index in [2.05, 4.69) is 0 Å². The molecule has 0 fully saturated rings. The number of benzene rings is 1. The molecule has 2 N–H and O–H groups in total. The molecule has 0 saturated heterocycles. The maximum Gasteiger partial charge on any atom is 0.306 e. The molecule has 0 aliphatic rings. The smallest absolute Gasteiger partial charge is 0.306 e. The standard InChI is InChI=1S/C14H22NO5P/c1-4-20-13(16)9-10-21(18,19)14(17)11-5-7-12(8-6-11)15(2)3/h5-8,14,17H,4,9-10H2,1-3H3,(H,18,19). The zero-order valence-corrected chi connectivity index (χ0v) is 13.4. The summed E-state index contributed by atoms with van der Waals surface area (Å²) in [5.74, 6) is -2.04. The van der Waals surface area contributed by atoms with Gasteiger partial charge in [0.05, 0.1) is 13.0 Å². The lowest BCUT2D eigenvalue weighted by atomic mass is 10.2. The largest absolute Gasteiger partial charge is 0.466 e. The van der Waals surface area contributed by atoms with Crippen LogP contribution >= 0.6 is 7.37 Å². The zero-order valence-electron chi connectivity index (χ0n) is 12.5. The molecule has 6 nitrogen and oxygen atoms in total. The molecule has 0 radical (unpaired) electrons. The highest BCUT2D eigenvalue weighted by Gasteiger charge is 2.31. The number of carbonyl (C=O) groups excluding carboxylic acids is 1. The molecule has 1 aromatic rings. The molecule has 0 aromatic heterocycles. The molecule has 2 unspecified atom stereocenters. The number of hydrogen-bond acceptors (Lipinski definition) is 5. The van der Waals surface area contributed by atoms with Gasteiger partial charge < -0.3 is 19.6 Å². The fourth-order valence-corrected chi connectivity index (χ4v) is 3.17. The fourth-order valence-electron chi connectivity index (χ4n) is 1.78. The molecule has 0 saturated carbocycles. The monoisotopic (exact) mass is 315 g/mol. The minimum atomic E-state index is -3.88. The Labute approximate surface area is 124 Å². The highest BCUT2D eigenvalue weighted by atomic mass is 31.2. The van der Waals surface area contributed by atoms with Gasteiger partial charge in [-0.3, -0.25) is 9.36 Å². The topological polar surface area (TPSA) is 87.1 Å². The minimum Gasteiger partial charge on any atom is -0.466 e. The van der Waals surface area contributed by atoms with Gasteiger partial charge in [0.2, 0.25) is 7.37 Å². The summed E-state index contributed by atoms with van der Waals surface area (Å²) >= 11 is 0. The van der Waals surface area contributed by atoms with Crippen molar-refractivity contribution in [3.05, 3.63) is 29.8 Å². The maximum absolute atomic E-state index is 12.1. The van der Waals surface area contributed by atoms with Crippen molar-refractivity contribution < 1.29 is 24.1 Å². The van der Waals surface area contributed by atoms with Gasteiger partial charge in [-0.15, -0.1) is 0 Å². The van der Waals surface area contributed by atoms with Crippen LogP contribution in [0.2, 0.25) is 0 Å². The minimum absolute atomic E-state index is 0.186. The average molecular weight is 315 g/mol. The third-order valence-corrected chi connectivity index (χ3v) is 4.96. The quantitative estimate of drug-likeness (QED) is 0.591. The summed E-state index contributed by atoms with van der Waals surface area (Å²) in [6.07, 6.45) is -0.489. The van der Waals surface area contributed by atoms with E-state index in [1.807, 2.05) is 19.0 Å². The number of rotatable bonds is 7. The van der Waals surface area contributed by atoms with E-state index in [4.69, 9.17) is 4.74 Å². The van der Waals surface area contributed by atoms with Crippen LogP contribution in [0.4, 0.5) is 5.69 Å². The lowest BCUT2D eigenvalue weighted by Gasteiger charge is -2.19. The summed E-state index contributed by atoms with van der Waals surface area (Å²) < 4.78 is 16.8. The van der Waals surface area contributed by atoms with Gasteiger partial charge in [-0.2, -0.15) is 0 Å². The van der Waals surface area contributed by atoms with Crippen LogP contribution in [-0.2, 0) is 14.1 Å². The summed E-state index contributed by atoms with van der Waals surface area (Å²) in [6, 6.07) is 6.72. The Morgan fingerprint density at radius 2 is 1.90 bits per heavy atom. The van der Waals surface area contributed by atoms with Gasteiger partial charge >= 0.3 is 5.97 Å². The van der Waals surface area contributed by atoms with E-state index in [0.717, 1.165) is 5.69 Å². The Morgan fingerprint density at radius 3 is 2.38 bits per heavy atom. The van der Waals surface area contributed by atoms with Crippen LogP contribution in [-0.4, -0.2) is 42.8 Å². The Balaban J connectivity index is 2.73. The Hall–Kier alpha value is -1.36. The van der Waals surface area contributed by atoms with Crippen LogP contribution in [0.3, 0.4) is 0 Å². The van der Waals surface area contributed by atoms with Crippen molar-refractivity contribution in [2.75, 3.05) is 31.8 Å². The first-order valence-electron chi connectivity index (χ1n) is 6.70. The Kier molecular flexibility index (Phi) is 6.40. The lowest BCUT2D eigenvalue weighted by Crippen LogP contribution is -2.10. The number of nitrogens with zero attached hydrogens (tertiary/aromatic N) is 1. The summed E-state index contributed by atoms with van der Waals surface area (Å²) in [6.45, 7) is 1.89. The SMILES string of the molecule is CCOC(=O)CCP(=O)(O)C(O)c1ccc(N(C)C)cc1. The van der Waals surface area contributed by atoms with Gasteiger partial charge in [0.15, 0.2) is 5.85 Å². The molecular weight excluding hydrogens is 293 g/mol. The van der Waals surface area contributed by atoms with E-state index >= 15 is 0 Å². The number of aliphatic hydroxyl groups is 1. The van der Waals surface area contributed by atoms with E-state index in [1.165, 1.54) is 0 Å². The van der Waals surface area contributed by atoms with Crippen LogP contribution in [0.15, 0.2) is 24.3 Å². The van der Waals surface area contributed by atoms with Crippen molar-refractivity contribution >= 4 is 19.0 Å². The highest BCUT2D eigenvalue weighted by Crippen LogP contribution is 2.54. The molecule has 1 aromatic carbocycles. The van der Waals surface area contributed by atoms with E-state index in [9.17, 15) is 19.4 Å². The van der Waals surface area contributed by atoms with Crippen LogP contribution in [0.5, 0.6) is 0 Å². The van der Waals surface area contributed by atoms with Crippen molar-refractivity contribution in [3.63, 3.8) is 0 Å². The van der Waals surface area contributed by atoms with Crippen molar-refractivity contribution in [1.29, 1.82) is 0 Å². The molecule has 7 heteroatoms. The van der Waals surface area contributed by atoms with Gasteiger partial charge in [-0.25, -0.2) is 0 Å². The fraction of sp³-hybridized carbons (Fsp3) is 0.500. The lowest BCUT2D eigenvalue weighted by molar-refractivity contribution is -0.142. The molecule has 0 heterocycles. The summed E-state index contributed by atoms with van der Waals surface area (Å²) in [7, 11) is -0.127. The van der Waals surface area contributed by atoms with E-state index in [1.54, 1.807) is 31.2 Å². The molecule has 0 amide bonds. The molecular formula is C14H22NO5P. The normalized spacial score (nSPS) is 15.1. The predicted octanol–water partition coefficient (Wildman–Crippen LogP) is 1.97. The van der Waals surface area contributed by atoms with Gasteiger partial charge in [0.25, 0.3) is 0 Å². The first-order chi connectivity index (χ1) is 9.77. The van der Waals surface area contributed by atoms with Crippen molar-refractivity contribution in [2.24, 2.45) is 0 Å². The first kappa shape index (κ1) is 17.7. The highest BCUT2D eigenvalue weighted by molar-refractivity contribution is 7.58. The molecule has 0 aliphatic heterocycles. The van der Waals surface area contributed by atoms with Crippen LogP contribution in [0.25, 0.3) is 0 Å². The molecule has 2 atom stereocenters. The number of carbonyl (C=O) groups is 1. The molecule has 0 spiro atoms. The molecule has 0 bridgehead atoms. The van der Waals surface area contributed by atoms with Crippen LogP contribution in [0, 0.1) is 0 Å². The molecule has 21 heavy (non-hydrogen) atoms. The van der Waals surface area contributed by atoms with Crippen molar-refractivity contribution in [1.82, 2.24) is 0 Å². The third-order valence-electron chi connectivity index (χ3n) is 3.03. The predicted molar refractivity (Wildman–Crippen MR) is 81.7 cm³/mol. The van der Waals surface area contributed by atoms with E-state index < -0.39 is 19.2 Å². The van der Waals surface area contributed by atoms with Crippen LogP contribution < -0.4 is 4.90 Å². The Morgan fingerprint density at radius 1 is 1.33 bits per heavy atom. The van der Waals surface area contributed by atoms with E-state index in [0.29, 0.717) is 5.56 Å². The van der Waals surface area contributed by atoms with E-state index in [-0.39, 0.29) is 19.2 Å². The summed E-state index contributed by atoms with van der Waals surface area (Å²) in [4.78, 5) is 23.0. The number of aliphatic hydroxyl groups excluding tert-OH is 1. The van der Waals surface area contributed by atoms with Gasteiger partial charge in [0, 0.05) is 25.9 Å². The summed E-state index contributed by atoms with van der Waals surface area (Å²) in [5, 5.41) is 10.0. The number of hydrogen-bond donors (Lipinski definition) is 2. The second kappa shape index (κ2) is 7.59. The first-order valence-corrected chi connectivity index (χ1v) is 8.61. The van der Waals surface area contributed by atoms with Crippen molar-refractivity contribution in [2.45, 2.75) is 19.2 Å². The number of anilines is 1. The van der Waals surface area contributed by atoms with Gasteiger partial charge in [-0.05, 0) is 24.6 Å². The Bertz CT molecular complexity index is 515. The second-order valence-electron chi connectivity index (χ2n) is 4.89. The van der Waals surface area contributed by atoms with Gasteiger partial charge in [-0.1, -0.05) is 12.1 Å². The average Bonchev–Trinajstić information content (AvgIpc) is 2.45. The molecule has 1 rings (SSSR count). The zero-order chi connectivity index (χ0) is 16.0. The second-order valence-corrected chi connectivity index (χ2v) is 7.34. The molecule has 0 aliphatic carbocycles. The third kappa shape index (κ3) is 5.16. The summed E-state index contributed by atoms with van der Waals surface area (Å²) in [5.41, 5.74) is 1.28. The number of esters is 1. The van der Waals surface area contributed by atoms with Crippen molar-refractivity contribution in [3.8, 4) is 0 Å². The number of ether oxygens (including phenoxy) is 1.